The highest BCUT2D eigenvalue weighted by Gasteiger charge is 2.28. The van der Waals surface area contributed by atoms with Crippen molar-refractivity contribution in [1.82, 2.24) is 5.32 Å². The van der Waals surface area contributed by atoms with Gasteiger partial charge in [0.05, 0.1) is 18.3 Å². The molecule has 1 aliphatic rings. The molecule has 0 radical (unpaired) electrons. The zero-order chi connectivity index (χ0) is 10.4. The minimum Gasteiger partial charge on any atom is -0.367 e. The minimum atomic E-state index is -0.0854. The number of hydrogen-bond acceptors (Lipinski definition) is 4. The molecule has 0 bridgehead atoms. The molecule has 1 saturated heterocycles. The van der Waals surface area contributed by atoms with Crippen LogP contribution in [0.25, 0.3) is 0 Å². The van der Waals surface area contributed by atoms with E-state index in [1.807, 2.05) is 6.92 Å². The number of ether oxygens (including phenoxy) is 3. The predicted molar refractivity (Wildman–Crippen MR) is 54.3 cm³/mol. The Morgan fingerprint density at radius 3 is 2.86 bits per heavy atom. The molecule has 84 valence electrons. The van der Waals surface area contributed by atoms with E-state index in [4.69, 9.17) is 14.2 Å². The molecule has 1 rings (SSSR count). The third-order valence-corrected chi connectivity index (χ3v) is 2.08. The van der Waals surface area contributed by atoms with E-state index >= 15 is 0 Å². The number of hydrogen-bond donors (Lipinski definition) is 1. The molecule has 0 aromatic heterocycles. The Kier molecular flexibility index (Phi) is 4.81. The van der Waals surface area contributed by atoms with Crippen LogP contribution in [0.3, 0.4) is 0 Å². The average molecular weight is 203 g/mol. The van der Waals surface area contributed by atoms with E-state index in [9.17, 15) is 0 Å². The smallest absolute Gasteiger partial charge is 0.146 e. The molecule has 4 nitrogen and oxygen atoms in total. The summed E-state index contributed by atoms with van der Waals surface area (Å²) in [7, 11) is 0. The van der Waals surface area contributed by atoms with E-state index in [2.05, 4.69) is 19.2 Å². The van der Waals surface area contributed by atoms with Gasteiger partial charge in [0.2, 0.25) is 0 Å². The minimum absolute atomic E-state index is 0.0854. The Morgan fingerprint density at radius 2 is 2.21 bits per heavy atom. The lowest BCUT2D eigenvalue weighted by molar-refractivity contribution is -0.142. The van der Waals surface area contributed by atoms with Crippen molar-refractivity contribution in [1.29, 1.82) is 0 Å². The molecule has 0 spiro atoms. The van der Waals surface area contributed by atoms with Gasteiger partial charge in [-0.05, 0) is 20.8 Å². The van der Waals surface area contributed by atoms with E-state index < -0.39 is 0 Å². The topological polar surface area (TPSA) is 39.7 Å². The third-order valence-electron chi connectivity index (χ3n) is 2.08. The van der Waals surface area contributed by atoms with Crippen LogP contribution in [0, 0.1) is 0 Å². The molecule has 0 aliphatic carbocycles. The molecular formula is C10H21NO3. The molecule has 0 aromatic carbocycles. The second kappa shape index (κ2) is 5.66. The van der Waals surface area contributed by atoms with Gasteiger partial charge in [-0.2, -0.15) is 0 Å². The highest BCUT2D eigenvalue weighted by molar-refractivity contribution is 4.80. The van der Waals surface area contributed by atoms with Gasteiger partial charge in [-0.3, -0.25) is 0 Å². The fourth-order valence-corrected chi connectivity index (χ4v) is 1.48. The Morgan fingerprint density at radius 1 is 1.43 bits per heavy atom. The Labute approximate surface area is 85.9 Å². The summed E-state index contributed by atoms with van der Waals surface area (Å²) in [6.07, 6.45) is 0.138. The summed E-state index contributed by atoms with van der Waals surface area (Å²) in [5.74, 6) is 0. The van der Waals surface area contributed by atoms with Crippen molar-refractivity contribution in [2.45, 2.75) is 32.5 Å². The van der Waals surface area contributed by atoms with Gasteiger partial charge in [-0.25, -0.2) is 0 Å². The number of rotatable bonds is 5. The van der Waals surface area contributed by atoms with Gasteiger partial charge in [-0.1, -0.05) is 0 Å². The van der Waals surface area contributed by atoms with Gasteiger partial charge in [0, 0.05) is 19.7 Å². The van der Waals surface area contributed by atoms with E-state index in [0.29, 0.717) is 20.0 Å². The van der Waals surface area contributed by atoms with Crippen LogP contribution in [0.4, 0.5) is 0 Å². The molecule has 14 heavy (non-hydrogen) atoms. The first kappa shape index (κ1) is 11.9. The zero-order valence-electron chi connectivity index (χ0n) is 9.34. The first-order valence-electron chi connectivity index (χ1n) is 5.18. The van der Waals surface area contributed by atoms with Crippen LogP contribution in [0.5, 0.6) is 0 Å². The largest absolute Gasteiger partial charge is 0.367 e. The Hall–Kier alpha value is -0.160. The van der Waals surface area contributed by atoms with Crippen LogP contribution in [0.15, 0.2) is 0 Å². The molecular weight excluding hydrogens is 182 g/mol. The predicted octanol–water partition coefficient (Wildman–Crippen LogP) is 0.764. The quantitative estimate of drug-likeness (QED) is 0.529. The second-order valence-corrected chi connectivity index (χ2v) is 4.11. The average Bonchev–Trinajstić information content (AvgIpc) is 2.11. The van der Waals surface area contributed by atoms with Crippen molar-refractivity contribution in [3.8, 4) is 0 Å². The van der Waals surface area contributed by atoms with Crippen LogP contribution >= 0.6 is 0 Å². The van der Waals surface area contributed by atoms with Gasteiger partial charge in [-0.15, -0.1) is 0 Å². The van der Waals surface area contributed by atoms with E-state index in [1.54, 1.807) is 0 Å². The highest BCUT2D eigenvalue weighted by atomic mass is 16.7. The summed E-state index contributed by atoms with van der Waals surface area (Å²) in [6.45, 7) is 9.50. The first-order chi connectivity index (χ1) is 6.64. The molecule has 1 atom stereocenters. The summed E-state index contributed by atoms with van der Waals surface area (Å²) >= 11 is 0. The third kappa shape index (κ3) is 4.37. The maximum absolute atomic E-state index is 5.81. The highest BCUT2D eigenvalue weighted by Crippen LogP contribution is 2.15. The fraction of sp³-hybridized carbons (Fsp3) is 1.00. The lowest BCUT2D eigenvalue weighted by Crippen LogP contribution is -2.51. The molecule has 1 fully saturated rings. The maximum Gasteiger partial charge on any atom is 0.146 e. The van der Waals surface area contributed by atoms with Crippen molar-refractivity contribution in [3.63, 3.8) is 0 Å². The van der Waals surface area contributed by atoms with Gasteiger partial charge in [0.15, 0.2) is 0 Å². The summed E-state index contributed by atoms with van der Waals surface area (Å²) in [5.41, 5.74) is -0.0854. The van der Waals surface area contributed by atoms with Gasteiger partial charge >= 0.3 is 0 Å². The molecule has 4 heteroatoms. The monoisotopic (exact) mass is 203 g/mol. The Bertz CT molecular complexity index is 161. The van der Waals surface area contributed by atoms with E-state index in [0.717, 1.165) is 13.1 Å². The summed E-state index contributed by atoms with van der Waals surface area (Å²) in [6, 6.07) is 0. The molecule has 0 saturated carbocycles. The normalized spacial score (nSPS) is 26.4. The van der Waals surface area contributed by atoms with Crippen LogP contribution < -0.4 is 5.32 Å². The molecule has 0 aromatic rings. The fourth-order valence-electron chi connectivity index (χ4n) is 1.48. The van der Waals surface area contributed by atoms with Crippen molar-refractivity contribution < 1.29 is 14.2 Å². The number of nitrogens with one attached hydrogen (secondary N) is 1. The summed E-state index contributed by atoms with van der Waals surface area (Å²) < 4.78 is 16.2. The number of morpholine rings is 1. The van der Waals surface area contributed by atoms with Crippen molar-refractivity contribution in [2.24, 2.45) is 0 Å². The Balaban J connectivity index is 2.12. The summed E-state index contributed by atoms with van der Waals surface area (Å²) in [4.78, 5) is 0. The van der Waals surface area contributed by atoms with Crippen LogP contribution in [-0.2, 0) is 14.2 Å². The van der Waals surface area contributed by atoms with Gasteiger partial charge in [0.25, 0.3) is 0 Å². The van der Waals surface area contributed by atoms with Crippen LogP contribution in [-0.4, -0.2) is 44.8 Å². The molecule has 1 heterocycles. The summed E-state index contributed by atoms with van der Waals surface area (Å²) in [5, 5.41) is 3.32. The van der Waals surface area contributed by atoms with Crippen molar-refractivity contribution >= 4 is 0 Å². The van der Waals surface area contributed by atoms with Crippen molar-refractivity contribution in [2.75, 3.05) is 33.1 Å². The van der Waals surface area contributed by atoms with Crippen molar-refractivity contribution in [3.05, 3.63) is 0 Å². The van der Waals surface area contributed by atoms with E-state index in [-0.39, 0.29) is 11.7 Å². The van der Waals surface area contributed by atoms with E-state index in [1.165, 1.54) is 0 Å². The molecule has 1 N–H and O–H groups in total. The second-order valence-electron chi connectivity index (χ2n) is 4.11. The van der Waals surface area contributed by atoms with Crippen LogP contribution in [0.2, 0.25) is 0 Å². The SMILES string of the molecule is CCOCOCC1CNCC(C)(C)O1. The lowest BCUT2D eigenvalue weighted by atomic mass is 10.1. The first-order valence-corrected chi connectivity index (χ1v) is 5.18. The maximum atomic E-state index is 5.81. The standard InChI is InChI=1S/C10H21NO3/c1-4-12-8-13-6-9-5-11-7-10(2,3)14-9/h9,11H,4-8H2,1-3H3. The van der Waals surface area contributed by atoms with Gasteiger partial charge in [0.1, 0.15) is 6.79 Å². The molecule has 1 unspecified atom stereocenters. The molecule has 1 aliphatic heterocycles. The molecule has 0 amide bonds. The zero-order valence-corrected chi connectivity index (χ0v) is 9.34. The lowest BCUT2D eigenvalue weighted by Gasteiger charge is -2.36. The van der Waals surface area contributed by atoms with Crippen LogP contribution in [0.1, 0.15) is 20.8 Å². The van der Waals surface area contributed by atoms with Gasteiger partial charge < -0.3 is 19.5 Å².